The summed E-state index contributed by atoms with van der Waals surface area (Å²) >= 11 is 0. The third-order valence-corrected chi connectivity index (χ3v) is 4.76. The molecule has 118 valence electrons. The zero-order chi connectivity index (χ0) is 15.8. The molecule has 6 heteroatoms. The van der Waals surface area contributed by atoms with Gasteiger partial charge in [0.2, 0.25) is 0 Å². The van der Waals surface area contributed by atoms with Crippen molar-refractivity contribution in [2.75, 3.05) is 13.1 Å². The predicted octanol–water partition coefficient (Wildman–Crippen LogP) is 1.35. The van der Waals surface area contributed by atoms with E-state index in [1.807, 2.05) is 17.0 Å². The maximum Gasteiger partial charge on any atom is 0.257 e. The predicted molar refractivity (Wildman–Crippen MR) is 85.4 cm³/mol. The van der Waals surface area contributed by atoms with Gasteiger partial charge in [-0.25, -0.2) is 9.97 Å². The van der Waals surface area contributed by atoms with E-state index in [1.165, 1.54) is 12.8 Å². The van der Waals surface area contributed by atoms with Crippen molar-refractivity contribution in [2.24, 2.45) is 17.6 Å². The number of carbonyl (C=O) groups excluding carboxylic acids is 1. The zero-order valence-corrected chi connectivity index (χ0v) is 12.8. The highest BCUT2D eigenvalue weighted by Crippen LogP contribution is 2.41. The highest BCUT2D eigenvalue weighted by molar-refractivity contribution is 5.94. The van der Waals surface area contributed by atoms with Crippen molar-refractivity contribution >= 4 is 5.91 Å². The second-order valence-corrected chi connectivity index (χ2v) is 6.41. The number of pyridine rings is 1. The van der Waals surface area contributed by atoms with Crippen molar-refractivity contribution in [3.05, 3.63) is 42.5 Å². The van der Waals surface area contributed by atoms with Gasteiger partial charge in [0, 0.05) is 49.5 Å². The lowest BCUT2D eigenvalue weighted by atomic mass is 9.99. The van der Waals surface area contributed by atoms with E-state index >= 15 is 0 Å². The van der Waals surface area contributed by atoms with Crippen LogP contribution in [0.2, 0.25) is 0 Å². The Bertz CT molecular complexity index is 699. The molecule has 1 saturated heterocycles. The van der Waals surface area contributed by atoms with Crippen molar-refractivity contribution in [3.8, 4) is 11.4 Å². The third kappa shape index (κ3) is 2.82. The number of nitrogens with two attached hydrogens (primary N) is 1. The molecule has 0 aromatic carbocycles. The number of amides is 1. The molecule has 3 heterocycles. The van der Waals surface area contributed by atoms with E-state index in [2.05, 4.69) is 15.0 Å². The first-order chi connectivity index (χ1) is 11.2. The second kappa shape index (κ2) is 5.70. The fourth-order valence-corrected chi connectivity index (χ4v) is 3.31. The van der Waals surface area contributed by atoms with Gasteiger partial charge in [-0.1, -0.05) is 0 Å². The van der Waals surface area contributed by atoms with Crippen LogP contribution in [0.1, 0.15) is 23.2 Å². The van der Waals surface area contributed by atoms with Gasteiger partial charge in [-0.3, -0.25) is 9.78 Å². The van der Waals surface area contributed by atoms with Crippen molar-refractivity contribution in [3.63, 3.8) is 0 Å². The first-order valence-corrected chi connectivity index (χ1v) is 7.99. The van der Waals surface area contributed by atoms with E-state index in [4.69, 9.17) is 5.73 Å². The molecule has 2 N–H and O–H groups in total. The zero-order valence-electron chi connectivity index (χ0n) is 12.8. The molecular formula is C17H19N5O. The Balaban J connectivity index is 1.49. The molecular weight excluding hydrogens is 290 g/mol. The summed E-state index contributed by atoms with van der Waals surface area (Å²) in [5.74, 6) is 1.74. The van der Waals surface area contributed by atoms with Crippen LogP contribution in [0.25, 0.3) is 11.4 Å². The minimum Gasteiger partial charge on any atom is -0.337 e. The molecule has 2 aliphatic rings. The lowest BCUT2D eigenvalue weighted by Crippen LogP contribution is -2.32. The third-order valence-electron chi connectivity index (χ3n) is 4.76. The Morgan fingerprint density at radius 2 is 1.83 bits per heavy atom. The van der Waals surface area contributed by atoms with Crippen LogP contribution < -0.4 is 5.73 Å². The normalized spacial score (nSPS) is 24.0. The van der Waals surface area contributed by atoms with Gasteiger partial charge in [0.15, 0.2) is 5.82 Å². The van der Waals surface area contributed by atoms with Gasteiger partial charge in [0.25, 0.3) is 5.91 Å². The van der Waals surface area contributed by atoms with Crippen LogP contribution >= 0.6 is 0 Å². The summed E-state index contributed by atoms with van der Waals surface area (Å²) in [5, 5.41) is 0. The molecule has 4 rings (SSSR count). The van der Waals surface area contributed by atoms with Gasteiger partial charge < -0.3 is 10.6 Å². The van der Waals surface area contributed by atoms with Crippen LogP contribution in [0, 0.1) is 11.8 Å². The SMILES string of the molecule is N[C@H]1CN(C(=O)c2cnc(-c3ccncc3)nc2)C[C@@H]1C1CC1. The summed E-state index contributed by atoms with van der Waals surface area (Å²) < 4.78 is 0. The van der Waals surface area contributed by atoms with Crippen LogP contribution in [0.4, 0.5) is 0 Å². The van der Waals surface area contributed by atoms with Gasteiger partial charge in [-0.15, -0.1) is 0 Å². The van der Waals surface area contributed by atoms with Crippen LogP contribution in [-0.2, 0) is 0 Å². The Labute approximate surface area is 134 Å². The largest absolute Gasteiger partial charge is 0.337 e. The van der Waals surface area contributed by atoms with Gasteiger partial charge in [-0.2, -0.15) is 0 Å². The quantitative estimate of drug-likeness (QED) is 0.925. The fraction of sp³-hybridized carbons (Fsp3) is 0.412. The van der Waals surface area contributed by atoms with Gasteiger partial charge in [0.1, 0.15) is 0 Å². The minimum absolute atomic E-state index is 0.0233. The number of likely N-dealkylation sites (tertiary alicyclic amines) is 1. The van der Waals surface area contributed by atoms with Crippen molar-refractivity contribution in [1.82, 2.24) is 19.9 Å². The summed E-state index contributed by atoms with van der Waals surface area (Å²) in [6.45, 7) is 1.39. The molecule has 2 atom stereocenters. The highest BCUT2D eigenvalue weighted by atomic mass is 16.2. The Kier molecular flexibility index (Phi) is 3.53. The summed E-state index contributed by atoms with van der Waals surface area (Å²) in [4.78, 5) is 27.0. The van der Waals surface area contributed by atoms with Crippen LogP contribution in [0.15, 0.2) is 36.9 Å². The first kappa shape index (κ1) is 14.3. The molecule has 1 saturated carbocycles. The first-order valence-electron chi connectivity index (χ1n) is 7.99. The van der Waals surface area contributed by atoms with E-state index in [9.17, 15) is 4.79 Å². The van der Waals surface area contributed by atoms with Crippen LogP contribution in [0.3, 0.4) is 0 Å². The topological polar surface area (TPSA) is 85.0 Å². The van der Waals surface area contributed by atoms with Crippen molar-refractivity contribution in [1.29, 1.82) is 0 Å². The van der Waals surface area contributed by atoms with E-state index in [1.54, 1.807) is 24.8 Å². The summed E-state index contributed by atoms with van der Waals surface area (Å²) in [5.41, 5.74) is 7.60. The molecule has 23 heavy (non-hydrogen) atoms. The molecule has 2 aromatic heterocycles. The number of nitrogens with zero attached hydrogens (tertiary/aromatic N) is 4. The van der Waals surface area contributed by atoms with E-state index in [0.717, 1.165) is 12.1 Å². The van der Waals surface area contributed by atoms with Crippen LogP contribution in [0.5, 0.6) is 0 Å². The van der Waals surface area contributed by atoms with E-state index < -0.39 is 0 Å². The maximum atomic E-state index is 12.6. The number of hydrogen-bond acceptors (Lipinski definition) is 5. The smallest absolute Gasteiger partial charge is 0.257 e. The molecule has 6 nitrogen and oxygen atoms in total. The average molecular weight is 309 g/mol. The molecule has 2 aromatic rings. The van der Waals surface area contributed by atoms with E-state index in [0.29, 0.717) is 29.8 Å². The summed E-state index contributed by atoms with van der Waals surface area (Å²) in [6.07, 6.45) is 9.10. The fourth-order valence-electron chi connectivity index (χ4n) is 3.31. The Hall–Kier alpha value is -2.34. The van der Waals surface area contributed by atoms with Crippen LogP contribution in [-0.4, -0.2) is 44.9 Å². The molecule has 0 unspecified atom stereocenters. The Morgan fingerprint density at radius 3 is 2.48 bits per heavy atom. The van der Waals surface area contributed by atoms with Gasteiger partial charge in [0.05, 0.1) is 5.56 Å². The standard InChI is InChI=1S/C17H19N5O/c18-15-10-22(9-14(15)11-1-2-11)17(23)13-7-20-16(21-8-13)12-3-5-19-6-4-12/h3-8,11,14-15H,1-2,9-10,18H2/t14-,15+/m1/s1. The van der Waals surface area contributed by atoms with Crippen molar-refractivity contribution < 1.29 is 4.79 Å². The molecule has 1 amide bonds. The molecule has 0 spiro atoms. The summed E-state index contributed by atoms with van der Waals surface area (Å²) in [7, 11) is 0. The number of aromatic nitrogens is 3. The number of carbonyl (C=O) groups is 1. The molecule has 0 radical (unpaired) electrons. The Morgan fingerprint density at radius 1 is 1.13 bits per heavy atom. The monoisotopic (exact) mass is 309 g/mol. The lowest BCUT2D eigenvalue weighted by molar-refractivity contribution is 0.0784. The minimum atomic E-state index is -0.0233. The highest BCUT2D eigenvalue weighted by Gasteiger charge is 2.42. The van der Waals surface area contributed by atoms with Gasteiger partial charge >= 0.3 is 0 Å². The number of rotatable bonds is 3. The van der Waals surface area contributed by atoms with E-state index in [-0.39, 0.29) is 11.9 Å². The molecule has 1 aliphatic heterocycles. The summed E-state index contributed by atoms with van der Waals surface area (Å²) in [6, 6.07) is 3.79. The molecule has 1 aliphatic carbocycles. The maximum absolute atomic E-state index is 12.6. The molecule has 0 bridgehead atoms. The van der Waals surface area contributed by atoms with Gasteiger partial charge in [-0.05, 0) is 36.8 Å². The second-order valence-electron chi connectivity index (χ2n) is 6.41. The lowest BCUT2D eigenvalue weighted by Gasteiger charge is -2.16. The number of hydrogen-bond donors (Lipinski definition) is 1. The molecule has 2 fully saturated rings. The van der Waals surface area contributed by atoms with Crippen molar-refractivity contribution in [2.45, 2.75) is 18.9 Å². The average Bonchev–Trinajstić information content (AvgIpc) is 3.37.